The van der Waals surface area contributed by atoms with Gasteiger partial charge in [-0.25, -0.2) is 4.79 Å². The molecule has 0 radical (unpaired) electrons. The van der Waals surface area contributed by atoms with Gasteiger partial charge in [-0.3, -0.25) is 9.69 Å². The third-order valence-corrected chi connectivity index (χ3v) is 5.87. The fourth-order valence-corrected chi connectivity index (χ4v) is 4.09. The fourth-order valence-electron chi connectivity index (χ4n) is 3.61. The van der Waals surface area contributed by atoms with E-state index >= 15 is 0 Å². The minimum atomic E-state index is -0.301. The predicted octanol–water partition coefficient (Wildman–Crippen LogP) is 3.91. The molecule has 3 amide bonds. The number of carbonyl (C=O) groups excluding carboxylic acids is 2. The van der Waals surface area contributed by atoms with Crippen LogP contribution in [0.25, 0.3) is 0 Å². The summed E-state index contributed by atoms with van der Waals surface area (Å²) in [5, 5.41) is 8.35. The molecule has 2 aromatic carbocycles. The van der Waals surface area contributed by atoms with Crippen molar-refractivity contribution in [3.05, 3.63) is 64.1 Å². The van der Waals surface area contributed by atoms with Crippen molar-refractivity contribution in [3.63, 3.8) is 0 Å². The third kappa shape index (κ3) is 7.15. The predicted molar refractivity (Wildman–Crippen MR) is 123 cm³/mol. The van der Waals surface area contributed by atoms with Gasteiger partial charge in [0.15, 0.2) is 0 Å². The smallest absolute Gasteiger partial charge is 0.315 e. The minimum Gasteiger partial charge on any atom is -0.338 e. The molecule has 0 atom stereocenters. The van der Waals surface area contributed by atoms with E-state index < -0.39 is 0 Å². The number of halogens is 1. The van der Waals surface area contributed by atoms with Crippen molar-refractivity contribution in [2.75, 3.05) is 31.5 Å². The van der Waals surface area contributed by atoms with Crippen molar-refractivity contribution in [3.8, 4) is 0 Å². The SMILES string of the molecule is Cc1cc(Br)ccc1NC(=O)CNC(=O)NCC1CCN(Cc2ccccc2)CC1. The molecule has 1 fully saturated rings. The Balaban J connectivity index is 1.31. The van der Waals surface area contributed by atoms with Gasteiger partial charge in [0.1, 0.15) is 0 Å². The number of amides is 3. The normalized spacial score (nSPS) is 14.9. The molecule has 0 saturated carbocycles. The average molecular weight is 473 g/mol. The molecular weight excluding hydrogens is 444 g/mol. The summed E-state index contributed by atoms with van der Waals surface area (Å²) in [6.07, 6.45) is 2.13. The summed E-state index contributed by atoms with van der Waals surface area (Å²) in [6.45, 7) is 5.56. The van der Waals surface area contributed by atoms with Gasteiger partial charge in [-0.15, -0.1) is 0 Å². The van der Waals surface area contributed by atoms with Gasteiger partial charge < -0.3 is 16.0 Å². The molecule has 160 valence electrons. The molecule has 0 spiro atoms. The first kappa shape index (κ1) is 22.3. The van der Waals surface area contributed by atoms with E-state index in [0.717, 1.165) is 48.2 Å². The zero-order valence-corrected chi connectivity index (χ0v) is 18.9. The van der Waals surface area contributed by atoms with E-state index in [1.54, 1.807) is 0 Å². The van der Waals surface area contributed by atoms with Crippen LogP contribution in [-0.2, 0) is 11.3 Å². The van der Waals surface area contributed by atoms with E-state index in [1.165, 1.54) is 5.56 Å². The first-order valence-corrected chi connectivity index (χ1v) is 11.1. The van der Waals surface area contributed by atoms with E-state index in [9.17, 15) is 9.59 Å². The quantitative estimate of drug-likeness (QED) is 0.571. The van der Waals surface area contributed by atoms with Crippen LogP contribution in [0.5, 0.6) is 0 Å². The Morgan fingerprint density at radius 2 is 1.80 bits per heavy atom. The average Bonchev–Trinajstić information content (AvgIpc) is 2.74. The van der Waals surface area contributed by atoms with E-state index in [4.69, 9.17) is 0 Å². The van der Waals surface area contributed by atoms with Crippen LogP contribution in [0.15, 0.2) is 53.0 Å². The third-order valence-electron chi connectivity index (χ3n) is 5.38. The summed E-state index contributed by atoms with van der Waals surface area (Å²) >= 11 is 3.40. The number of piperidine rings is 1. The number of hydrogen-bond donors (Lipinski definition) is 3. The van der Waals surface area contributed by atoms with Gasteiger partial charge in [0.25, 0.3) is 0 Å². The summed E-state index contributed by atoms with van der Waals surface area (Å²) in [4.78, 5) is 26.6. The topological polar surface area (TPSA) is 73.5 Å². The lowest BCUT2D eigenvalue weighted by Crippen LogP contribution is -2.43. The highest BCUT2D eigenvalue weighted by atomic mass is 79.9. The second-order valence-electron chi connectivity index (χ2n) is 7.78. The first-order valence-electron chi connectivity index (χ1n) is 10.3. The minimum absolute atomic E-state index is 0.0587. The van der Waals surface area contributed by atoms with Gasteiger partial charge in [0.05, 0.1) is 6.54 Å². The number of aryl methyl sites for hydroxylation is 1. The largest absolute Gasteiger partial charge is 0.338 e. The molecule has 1 aliphatic rings. The molecule has 1 aliphatic heterocycles. The summed E-state index contributed by atoms with van der Waals surface area (Å²) in [5.41, 5.74) is 3.04. The van der Waals surface area contributed by atoms with Crippen LogP contribution in [0.2, 0.25) is 0 Å². The summed E-state index contributed by atoms with van der Waals surface area (Å²) in [6, 6.07) is 15.8. The molecule has 1 heterocycles. The lowest BCUT2D eigenvalue weighted by Gasteiger charge is -2.32. The van der Waals surface area contributed by atoms with Crippen molar-refractivity contribution >= 4 is 33.6 Å². The van der Waals surface area contributed by atoms with E-state index in [2.05, 4.69) is 61.0 Å². The van der Waals surface area contributed by atoms with Gasteiger partial charge in [0, 0.05) is 23.2 Å². The molecule has 6 nitrogen and oxygen atoms in total. The molecule has 0 aromatic heterocycles. The summed E-state index contributed by atoms with van der Waals surface area (Å²) < 4.78 is 0.960. The van der Waals surface area contributed by atoms with Crippen LogP contribution >= 0.6 is 15.9 Å². The first-order chi connectivity index (χ1) is 14.5. The number of urea groups is 1. The lowest BCUT2D eigenvalue weighted by atomic mass is 9.96. The van der Waals surface area contributed by atoms with Gasteiger partial charge in [-0.1, -0.05) is 46.3 Å². The highest BCUT2D eigenvalue weighted by Crippen LogP contribution is 2.20. The van der Waals surface area contributed by atoms with Crippen molar-refractivity contribution < 1.29 is 9.59 Å². The number of nitrogens with zero attached hydrogens (tertiary/aromatic N) is 1. The molecule has 0 unspecified atom stereocenters. The Morgan fingerprint density at radius 1 is 1.07 bits per heavy atom. The van der Waals surface area contributed by atoms with E-state index in [0.29, 0.717) is 12.5 Å². The van der Waals surface area contributed by atoms with Crippen LogP contribution in [0.3, 0.4) is 0 Å². The van der Waals surface area contributed by atoms with Crippen LogP contribution in [-0.4, -0.2) is 43.0 Å². The maximum absolute atomic E-state index is 12.1. The molecule has 30 heavy (non-hydrogen) atoms. The monoisotopic (exact) mass is 472 g/mol. The number of likely N-dealkylation sites (tertiary alicyclic amines) is 1. The molecule has 3 N–H and O–H groups in total. The van der Waals surface area contributed by atoms with Crippen LogP contribution in [0, 0.1) is 12.8 Å². The second kappa shape index (κ2) is 11.1. The molecular formula is C23H29BrN4O2. The highest BCUT2D eigenvalue weighted by Gasteiger charge is 2.19. The molecule has 0 bridgehead atoms. The Kier molecular flexibility index (Phi) is 8.28. The number of carbonyl (C=O) groups is 2. The molecule has 1 saturated heterocycles. The second-order valence-corrected chi connectivity index (χ2v) is 8.69. The highest BCUT2D eigenvalue weighted by molar-refractivity contribution is 9.10. The van der Waals surface area contributed by atoms with Crippen LogP contribution < -0.4 is 16.0 Å². The lowest BCUT2D eigenvalue weighted by molar-refractivity contribution is -0.115. The van der Waals surface area contributed by atoms with E-state index in [-0.39, 0.29) is 18.5 Å². The van der Waals surface area contributed by atoms with Crippen LogP contribution in [0.4, 0.5) is 10.5 Å². The van der Waals surface area contributed by atoms with Crippen molar-refractivity contribution in [1.29, 1.82) is 0 Å². The van der Waals surface area contributed by atoms with Crippen molar-refractivity contribution in [1.82, 2.24) is 15.5 Å². The van der Waals surface area contributed by atoms with Crippen molar-refractivity contribution in [2.45, 2.75) is 26.3 Å². The fraction of sp³-hybridized carbons (Fsp3) is 0.391. The van der Waals surface area contributed by atoms with Gasteiger partial charge in [-0.05, 0) is 68.1 Å². The summed E-state index contributed by atoms with van der Waals surface area (Å²) in [7, 11) is 0. The zero-order valence-electron chi connectivity index (χ0n) is 17.3. The molecule has 3 rings (SSSR count). The number of benzene rings is 2. The Morgan fingerprint density at radius 3 is 2.50 bits per heavy atom. The number of rotatable bonds is 7. The number of hydrogen-bond acceptors (Lipinski definition) is 3. The Hall–Kier alpha value is -2.38. The Labute approximate surface area is 186 Å². The van der Waals surface area contributed by atoms with Gasteiger partial charge in [-0.2, -0.15) is 0 Å². The maximum Gasteiger partial charge on any atom is 0.315 e. The van der Waals surface area contributed by atoms with Gasteiger partial charge >= 0.3 is 6.03 Å². The molecule has 2 aromatic rings. The standard InChI is InChI=1S/C23H29BrN4O2/c1-17-13-20(24)7-8-21(17)27-22(29)15-26-23(30)25-14-18-9-11-28(12-10-18)16-19-5-3-2-4-6-19/h2-8,13,18H,9-12,14-16H2,1H3,(H,27,29)(H2,25,26,30). The van der Waals surface area contributed by atoms with Crippen molar-refractivity contribution in [2.24, 2.45) is 5.92 Å². The Bertz CT molecular complexity index is 852. The van der Waals surface area contributed by atoms with Gasteiger partial charge in [0.2, 0.25) is 5.91 Å². The number of anilines is 1. The maximum atomic E-state index is 12.1. The molecule has 7 heteroatoms. The number of nitrogens with one attached hydrogen (secondary N) is 3. The molecule has 0 aliphatic carbocycles. The van der Waals surface area contributed by atoms with Crippen LogP contribution in [0.1, 0.15) is 24.0 Å². The zero-order chi connectivity index (χ0) is 21.3. The van der Waals surface area contributed by atoms with E-state index in [1.807, 2.05) is 31.2 Å². The summed E-state index contributed by atoms with van der Waals surface area (Å²) in [5.74, 6) is 0.229.